The van der Waals surface area contributed by atoms with Crippen molar-refractivity contribution in [2.75, 3.05) is 14.7 Å². The molecule has 0 bridgehead atoms. The molecule has 8 aromatic rings. The Labute approximate surface area is 426 Å². The molecule has 0 spiro atoms. The van der Waals surface area contributed by atoms with E-state index in [0.29, 0.717) is 5.92 Å². The molecule has 4 heteroatoms. The van der Waals surface area contributed by atoms with Crippen LogP contribution in [-0.4, -0.2) is 12.3 Å². The number of nitrogens with zero attached hydrogens (tertiary/aromatic N) is 3. The lowest BCUT2D eigenvalue weighted by Gasteiger charge is -2.55. The van der Waals surface area contributed by atoms with Crippen molar-refractivity contribution in [1.29, 1.82) is 0 Å². The van der Waals surface area contributed by atoms with E-state index in [2.05, 4.69) is 243 Å². The normalized spacial score (nSPS) is 25.7. The van der Waals surface area contributed by atoms with Crippen LogP contribution in [0.2, 0.25) is 0 Å². The second kappa shape index (κ2) is 15.1. The number of benzene rings is 8. The van der Waals surface area contributed by atoms with Crippen LogP contribution in [0.15, 0.2) is 206 Å². The lowest BCUT2D eigenvalue weighted by molar-refractivity contribution is 0.213. The smallest absolute Gasteiger partial charge is 0.252 e. The molecule has 15 rings (SSSR count). The van der Waals surface area contributed by atoms with Gasteiger partial charge in [-0.05, 0) is 155 Å². The Morgan fingerprint density at radius 3 is 2.00 bits per heavy atom. The third kappa shape index (κ3) is 5.38. The minimum Gasteiger partial charge on any atom is -0.334 e. The molecule has 0 saturated heterocycles. The molecule has 5 atom stereocenters. The van der Waals surface area contributed by atoms with Crippen LogP contribution in [0.5, 0.6) is 0 Å². The first-order valence-electron chi connectivity index (χ1n) is 26.9. The van der Waals surface area contributed by atoms with E-state index in [1.54, 1.807) is 0 Å². The summed E-state index contributed by atoms with van der Waals surface area (Å²) >= 11 is 0. The van der Waals surface area contributed by atoms with Gasteiger partial charge in [-0.25, -0.2) is 0 Å². The van der Waals surface area contributed by atoms with Gasteiger partial charge in [0.05, 0.1) is 11.1 Å². The summed E-state index contributed by atoms with van der Waals surface area (Å²) in [6, 6.07) is 70.3. The standard InChI is InChI=1S/C68H60BN3/c1-45-20-17-27-51(40-45)68-38-16-15-37-66(68,3)71(59-33-14-13-30-55(59)68)53-43-61-63-62(44-53)72-64-56(65(2)39-36-48-25-11-12-29-54(48)67(65,72)4)31-19-32-58(64)69(63)57-35-34-50(47-23-9-6-10-24-47)42-60(57)70(61)52-28-18-26-49(41-52)46-21-7-5-8-22-46/h5-14,17-19,21-35,40-45H,15-16,20,36-39H2,1-4H3. The molecule has 350 valence electrons. The Morgan fingerprint density at radius 2 is 1.19 bits per heavy atom. The van der Waals surface area contributed by atoms with Crippen LogP contribution in [0.4, 0.5) is 39.8 Å². The summed E-state index contributed by atoms with van der Waals surface area (Å²) < 4.78 is 0. The highest BCUT2D eigenvalue weighted by Gasteiger charge is 2.65. The first-order chi connectivity index (χ1) is 35.2. The summed E-state index contributed by atoms with van der Waals surface area (Å²) in [5, 5.41) is 0. The first kappa shape index (κ1) is 42.4. The zero-order valence-electron chi connectivity index (χ0n) is 42.0. The summed E-state index contributed by atoms with van der Waals surface area (Å²) in [5.74, 6) is 0.510. The largest absolute Gasteiger partial charge is 0.334 e. The molecular formula is C68H60BN3. The van der Waals surface area contributed by atoms with E-state index >= 15 is 0 Å². The zero-order chi connectivity index (χ0) is 48.1. The van der Waals surface area contributed by atoms with Crippen molar-refractivity contribution in [3.8, 4) is 22.3 Å². The Bertz CT molecular complexity index is 3630. The molecule has 1 saturated carbocycles. The van der Waals surface area contributed by atoms with Crippen LogP contribution in [0, 0.1) is 5.92 Å². The number of fused-ring (bicyclic) bond motifs is 12. The highest BCUT2D eigenvalue weighted by Crippen LogP contribution is 2.67. The van der Waals surface area contributed by atoms with Crippen molar-refractivity contribution in [1.82, 2.24) is 0 Å². The lowest BCUT2D eigenvalue weighted by Crippen LogP contribution is -2.64. The molecule has 7 aliphatic rings. The fraction of sp³-hybridized carbons (Fsp3) is 0.235. The third-order valence-electron chi connectivity index (χ3n) is 19.5. The molecule has 0 amide bonds. The number of allylic oxidation sites excluding steroid dienone is 3. The highest BCUT2D eigenvalue weighted by molar-refractivity contribution is 7.00. The summed E-state index contributed by atoms with van der Waals surface area (Å²) in [6.07, 6.45) is 15.6. The van der Waals surface area contributed by atoms with E-state index in [0.717, 1.165) is 32.1 Å². The fourth-order valence-corrected chi connectivity index (χ4v) is 16.0. The number of para-hydroxylation sites is 2. The Morgan fingerprint density at radius 1 is 0.514 bits per heavy atom. The van der Waals surface area contributed by atoms with Crippen LogP contribution >= 0.6 is 0 Å². The molecule has 8 aromatic carbocycles. The second-order valence-electron chi connectivity index (χ2n) is 22.8. The van der Waals surface area contributed by atoms with Crippen molar-refractivity contribution in [2.24, 2.45) is 5.92 Å². The van der Waals surface area contributed by atoms with Crippen molar-refractivity contribution in [3.05, 3.63) is 228 Å². The zero-order valence-corrected chi connectivity index (χ0v) is 42.0. The molecule has 72 heavy (non-hydrogen) atoms. The Kier molecular flexibility index (Phi) is 8.90. The van der Waals surface area contributed by atoms with Gasteiger partial charge in [0.2, 0.25) is 0 Å². The summed E-state index contributed by atoms with van der Waals surface area (Å²) in [6.45, 7) is 10.3. The van der Waals surface area contributed by atoms with Crippen LogP contribution in [0.1, 0.15) is 88.5 Å². The molecule has 1 fully saturated rings. The molecule has 0 radical (unpaired) electrons. The second-order valence-corrected chi connectivity index (χ2v) is 22.8. The van der Waals surface area contributed by atoms with E-state index in [1.807, 2.05) is 0 Å². The van der Waals surface area contributed by atoms with Gasteiger partial charge in [-0.2, -0.15) is 0 Å². The average molecular weight is 930 g/mol. The van der Waals surface area contributed by atoms with Crippen LogP contribution < -0.4 is 31.1 Å². The van der Waals surface area contributed by atoms with Crippen LogP contribution in [-0.2, 0) is 22.8 Å². The van der Waals surface area contributed by atoms with Crippen LogP contribution in [0.3, 0.4) is 0 Å². The predicted octanol–water partition coefficient (Wildman–Crippen LogP) is 15.1. The summed E-state index contributed by atoms with van der Waals surface area (Å²) in [7, 11) is 0. The number of aryl methyl sites for hydroxylation is 1. The van der Waals surface area contributed by atoms with Crippen LogP contribution in [0.25, 0.3) is 22.3 Å². The maximum Gasteiger partial charge on any atom is 0.252 e. The van der Waals surface area contributed by atoms with Gasteiger partial charge >= 0.3 is 0 Å². The van der Waals surface area contributed by atoms with Gasteiger partial charge in [0.15, 0.2) is 0 Å². The first-order valence-corrected chi connectivity index (χ1v) is 26.9. The van der Waals surface area contributed by atoms with Gasteiger partial charge in [0, 0.05) is 50.6 Å². The van der Waals surface area contributed by atoms with Gasteiger partial charge in [-0.1, -0.05) is 191 Å². The molecule has 5 unspecified atom stereocenters. The Hall–Kier alpha value is -7.30. The number of anilines is 7. The fourth-order valence-electron chi connectivity index (χ4n) is 16.0. The lowest BCUT2D eigenvalue weighted by atomic mass is 9.33. The predicted molar refractivity (Wildman–Crippen MR) is 303 cm³/mol. The van der Waals surface area contributed by atoms with E-state index in [-0.39, 0.29) is 28.6 Å². The molecular weight excluding hydrogens is 870 g/mol. The maximum absolute atomic E-state index is 2.89. The van der Waals surface area contributed by atoms with Gasteiger partial charge < -0.3 is 14.7 Å². The van der Waals surface area contributed by atoms with Crippen molar-refractivity contribution in [2.45, 2.75) is 94.5 Å². The molecule has 4 heterocycles. The quantitative estimate of drug-likeness (QED) is 0.159. The number of hydrogen-bond acceptors (Lipinski definition) is 3. The Balaban J connectivity index is 1.07. The molecule has 0 aromatic heterocycles. The van der Waals surface area contributed by atoms with E-state index in [1.165, 1.54) is 119 Å². The van der Waals surface area contributed by atoms with Gasteiger partial charge in [0.1, 0.15) is 0 Å². The topological polar surface area (TPSA) is 9.72 Å². The summed E-state index contributed by atoms with van der Waals surface area (Å²) in [4.78, 5) is 8.42. The monoisotopic (exact) mass is 929 g/mol. The minimum absolute atomic E-state index is 0.0282. The molecule has 4 aliphatic heterocycles. The van der Waals surface area contributed by atoms with Gasteiger partial charge in [-0.15, -0.1) is 0 Å². The SMILES string of the molecule is CC1C=C(C23CCCCC2(C)N(c2cc4c5c(c2)N2c6c(cccc6C6(C)CCc7ccccc7C26C)B5c2ccc(-c5ccccc5)cc2N4c2cccc(-c4ccccc4)c2)c2ccccc23)C=CC1. The summed E-state index contributed by atoms with van der Waals surface area (Å²) in [5.41, 5.74) is 24.8. The van der Waals surface area contributed by atoms with E-state index in [9.17, 15) is 0 Å². The number of hydrogen-bond donors (Lipinski definition) is 0. The van der Waals surface area contributed by atoms with Crippen molar-refractivity contribution in [3.63, 3.8) is 0 Å². The minimum atomic E-state index is -0.345. The average Bonchev–Trinajstić information content (AvgIpc) is 3.80. The van der Waals surface area contributed by atoms with E-state index < -0.39 is 0 Å². The molecule has 0 N–H and O–H groups in total. The van der Waals surface area contributed by atoms with Gasteiger partial charge in [-0.3, -0.25) is 0 Å². The molecule has 3 nitrogen and oxygen atoms in total. The highest BCUT2D eigenvalue weighted by atomic mass is 15.3. The number of rotatable bonds is 5. The molecule has 3 aliphatic carbocycles. The van der Waals surface area contributed by atoms with Crippen molar-refractivity contribution >= 4 is 62.9 Å². The third-order valence-corrected chi connectivity index (χ3v) is 19.5. The van der Waals surface area contributed by atoms with Crippen molar-refractivity contribution < 1.29 is 0 Å². The van der Waals surface area contributed by atoms with E-state index in [4.69, 9.17) is 0 Å². The maximum atomic E-state index is 2.89. The van der Waals surface area contributed by atoms with Gasteiger partial charge in [0.25, 0.3) is 6.71 Å².